The number of halogens is 3. The van der Waals surface area contributed by atoms with Gasteiger partial charge in [0.2, 0.25) is 5.91 Å². The molecule has 0 aromatic carbocycles. The van der Waals surface area contributed by atoms with Crippen LogP contribution in [0.15, 0.2) is 4.47 Å². The fraction of sp³-hybridized carbons (Fsp3) is 0.412. The highest BCUT2D eigenvalue weighted by Crippen LogP contribution is 2.34. The average Bonchev–Trinajstić information content (AvgIpc) is 3.12. The third-order valence-electron chi connectivity index (χ3n) is 3.91. The van der Waals surface area contributed by atoms with Crippen LogP contribution in [0.5, 0.6) is 0 Å². The topological polar surface area (TPSA) is 99.5 Å². The number of nitrogens with zero attached hydrogens (tertiary/aromatic N) is 2. The first-order valence-electron chi connectivity index (χ1n) is 8.31. The molecule has 29 heavy (non-hydrogen) atoms. The number of amides is 1. The van der Waals surface area contributed by atoms with Crippen molar-refractivity contribution in [3.8, 4) is 0 Å². The van der Waals surface area contributed by atoms with Gasteiger partial charge in [0.25, 0.3) is 6.43 Å². The lowest BCUT2D eigenvalue weighted by Crippen LogP contribution is -2.21. The summed E-state index contributed by atoms with van der Waals surface area (Å²) in [6.45, 7) is 4.48. The van der Waals surface area contributed by atoms with Gasteiger partial charge in [-0.05, 0) is 42.3 Å². The summed E-state index contributed by atoms with van der Waals surface area (Å²) >= 11 is 3.90. The first-order chi connectivity index (χ1) is 13.6. The second-order valence-electron chi connectivity index (χ2n) is 5.76. The number of hydrogen-bond acceptors (Lipinski definition) is 7. The molecule has 0 aliphatic rings. The molecule has 12 heteroatoms. The van der Waals surface area contributed by atoms with E-state index >= 15 is 0 Å². The van der Waals surface area contributed by atoms with E-state index in [1.165, 1.54) is 21.0 Å². The van der Waals surface area contributed by atoms with Crippen LogP contribution in [0.2, 0.25) is 0 Å². The zero-order valence-corrected chi connectivity index (χ0v) is 18.4. The summed E-state index contributed by atoms with van der Waals surface area (Å²) in [4.78, 5) is 36.9. The van der Waals surface area contributed by atoms with E-state index in [9.17, 15) is 23.2 Å². The van der Waals surface area contributed by atoms with Gasteiger partial charge in [-0.3, -0.25) is 9.48 Å². The van der Waals surface area contributed by atoms with E-state index in [1.807, 2.05) is 0 Å². The maximum absolute atomic E-state index is 13.0. The van der Waals surface area contributed by atoms with Gasteiger partial charge in [-0.2, -0.15) is 5.10 Å². The molecule has 2 aromatic rings. The van der Waals surface area contributed by atoms with E-state index in [2.05, 4.69) is 26.3 Å². The smallest absolute Gasteiger partial charge is 0.348 e. The van der Waals surface area contributed by atoms with Crippen LogP contribution in [-0.4, -0.2) is 41.3 Å². The molecular formula is C17H18BrF2N3O5S. The van der Waals surface area contributed by atoms with Crippen molar-refractivity contribution in [2.75, 3.05) is 19.0 Å². The van der Waals surface area contributed by atoms with Crippen molar-refractivity contribution in [2.24, 2.45) is 0 Å². The van der Waals surface area contributed by atoms with E-state index in [0.29, 0.717) is 11.3 Å². The van der Waals surface area contributed by atoms with Crippen LogP contribution in [0.25, 0.3) is 0 Å². The number of methoxy groups -OCH3 is 1. The number of anilines is 1. The van der Waals surface area contributed by atoms with Crippen molar-refractivity contribution >= 4 is 50.1 Å². The molecule has 2 heterocycles. The molecule has 0 saturated heterocycles. The van der Waals surface area contributed by atoms with Crippen LogP contribution in [0.3, 0.4) is 0 Å². The monoisotopic (exact) mass is 493 g/mol. The molecule has 2 rings (SSSR count). The molecule has 8 nitrogen and oxygen atoms in total. The Hall–Kier alpha value is -2.34. The van der Waals surface area contributed by atoms with E-state index in [1.54, 1.807) is 6.92 Å². The van der Waals surface area contributed by atoms with Crippen LogP contribution < -0.4 is 5.32 Å². The van der Waals surface area contributed by atoms with Gasteiger partial charge in [0.05, 0.1) is 29.4 Å². The minimum absolute atomic E-state index is 0.0283. The van der Waals surface area contributed by atoms with Crippen molar-refractivity contribution in [1.29, 1.82) is 0 Å². The maximum atomic E-state index is 13.0. The van der Waals surface area contributed by atoms with Gasteiger partial charge in [0, 0.05) is 0 Å². The SMILES string of the molecule is CCOC(=O)c1sc(NC(=O)Cn2nc(C(F)F)c(Br)c2C)c(C(=O)OC)c1C. The number of rotatable bonds is 7. The molecule has 0 fully saturated rings. The predicted octanol–water partition coefficient (Wildman–Crippen LogP) is 3.86. The molecule has 0 bridgehead atoms. The Balaban J connectivity index is 2.32. The second-order valence-corrected chi connectivity index (χ2v) is 7.58. The molecule has 0 unspecified atom stereocenters. The van der Waals surface area contributed by atoms with Crippen LogP contribution in [0, 0.1) is 13.8 Å². The van der Waals surface area contributed by atoms with E-state index in [4.69, 9.17) is 9.47 Å². The van der Waals surface area contributed by atoms with Gasteiger partial charge in [-0.1, -0.05) is 0 Å². The lowest BCUT2D eigenvalue weighted by molar-refractivity contribution is -0.116. The Labute approximate surface area is 177 Å². The quantitative estimate of drug-likeness (QED) is 0.587. The molecule has 2 aromatic heterocycles. The number of carbonyl (C=O) groups is 3. The number of alkyl halides is 2. The Morgan fingerprint density at radius 2 is 1.93 bits per heavy atom. The Kier molecular flexibility index (Phi) is 7.47. The van der Waals surface area contributed by atoms with Crippen LogP contribution in [0.1, 0.15) is 50.3 Å². The molecule has 1 amide bonds. The maximum Gasteiger partial charge on any atom is 0.348 e. The summed E-state index contributed by atoms with van der Waals surface area (Å²) in [6.07, 6.45) is -2.80. The number of thiophene rings is 1. The van der Waals surface area contributed by atoms with E-state index in [-0.39, 0.29) is 33.1 Å². The van der Waals surface area contributed by atoms with Gasteiger partial charge in [-0.15, -0.1) is 11.3 Å². The average molecular weight is 494 g/mol. The molecule has 158 valence electrons. The molecular weight excluding hydrogens is 476 g/mol. The van der Waals surface area contributed by atoms with Crippen molar-refractivity contribution in [3.63, 3.8) is 0 Å². The zero-order valence-electron chi connectivity index (χ0n) is 16.0. The lowest BCUT2D eigenvalue weighted by Gasteiger charge is -2.07. The Morgan fingerprint density at radius 1 is 1.28 bits per heavy atom. The highest BCUT2D eigenvalue weighted by atomic mass is 79.9. The molecule has 0 spiro atoms. The van der Waals surface area contributed by atoms with Crippen molar-refractivity contribution in [1.82, 2.24) is 9.78 Å². The first-order valence-corrected chi connectivity index (χ1v) is 9.92. The van der Waals surface area contributed by atoms with E-state index < -0.39 is 30.0 Å². The number of carbonyl (C=O) groups excluding carboxylic acids is 3. The third kappa shape index (κ3) is 4.81. The number of hydrogen-bond donors (Lipinski definition) is 1. The Morgan fingerprint density at radius 3 is 2.45 bits per heavy atom. The number of esters is 2. The fourth-order valence-electron chi connectivity index (χ4n) is 2.48. The molecule has 0 saturated carbocycles. The number of nitrogens with one attached hydrogen (secondary N) is 1. The second kappa shape index (κ2) is 9.44. The number of aromatic nitrogens is 2. The van der Waals surface area contributed by atoms with Crippen molar-refractivity contribution in [3.05, 3.63) is 31.9 Å². The van der Waals surface area contributed by atoms with Crippen molar-refractivity contribution < 1.29 is 32.6 Å². The molecule has 0 aliphatic carbocycles. The molecule has 0 aliphatic heterocycles. The van der Waals surface area contributed by atoms with Crippen LogP contribution in [0.4, 0.5) is 13.8 Å². The van der Waals surface area contributed by atoms with Gasteiger partial charge in [0.1, 0.15) is 22.1 Å². The first kappa shape index (κ1) is 22.9. The summed E-state index contributed by atoms with van der Waals surface area (Å²) < 4.78 is 36.9. The highest BCUT2D eigenvalue weighted by molar-refractivity contribution is 9.10. The zero-order chi connectivity index (χ0) is 21.9. The van der Waals surface area contributed by atoms with Crippen molar-refractivity contribution in [2.45, 2.75) is 33.7 Å². The Bertz CT molecular complexity index is 958. The normalized spacial score (nSPS) is 10.9. The summed E-state index contributed by atoms with van der Waals surface area (Å²) in [7, 11) is 1.17. The van der Waals surface area contributed by atoms with Gasteiger partial charge in [-0.25, -0.2) is 18.4 Å². The fourth-order valence-corrected chi connectivity index (χ4v) is 4.05. The lowest BCUT2D eigenvalue weighted by atomic mass is 10.1. The molecule has 0 atom stereocenters. The molecule has 0 radical (unpaired) electrons. The highest BCUT2D eigenvalue weighted by Gasteiger charge is 2.27. The third-order valence-corrected chi connectivity index (χ3v) is 6.08. The number of ether oxygens (including phenoxy) is 2. The summed E-state index contributed by atoms with van der Waals surface area (Å²) in [5.41, 5.74) is 0.217. The standard InChI is InChI=1S/C17H18BrF2N3O5S/c1-5-28-17(26)13-7(2)10(16(25)27-4)15(29-13)21-9(24)6-23-8(3)11(18)12(22-23)14(19)20/h14H,5-6H2,1-4H3,(H,21,24). The summed E-state index contributed by atoms with van der Waals surface area (Å²) in [6, 6.07) is 0. The molecule has 1 N–H and O–H groups in total. The minimum Gasteiger partial charge on any atom is -0.465 e. The van der Waals surface area contributed by atoms with E-state index in [0.717, 1.165) is 16.0 Å². The predicted molar refractivity (Wildman–Crippen MR) is 105 cm³/mol. The van der Waals surface area contributed by atoms with Gasteiger partial charge < -0.3 is 14.8 Å². The summed E-state index contributed by atoms with van der Waals surface area (Å²) in [5.74, 6) is -1.98. The largest absolute Gasteiger partial charge is 0.465 e. The van der Waals surface area contributed by atoms with Crippen LogP contribution >= 0.6 is 27.3 Å². The minimum atomic E-state index is -2.80. The summed E-state index contributed by atoms with van der Waals surface area (Å²) in [5, 5.41) is 6.36. The van der Waals surface area contributed by atoms with Gasteiger partial charge >= 0.3 is 11.9 Å². The van der Waals surface area contributed by atoms with Crippen LogP contribution in [-0.2, 0) is 20.8 Å². The van der Waals surface area contributed by atoms with Gasteiger partial charge in [0.15, 0.2) is 0 Å².